The van der Waals surface area contributed by atoms with Gasteiger partial charge in [-0.05, 0) is 29.8 Å². The van der Waals surface area contributed by atoms with Crippen LogP contribution >= 0.6 is 0 Å². The van der Waals surface area contributed by atoms with Crippen molar-refractivity contribution in [2.75, 3.05) is 6.61 Å². The lowest BCUT2D eigenvalue weighted by atomic mass is 10.1. The predicted octanol–water partition coefficient (Wildman–Crippen LogP) is 3.86. The molecular formula is C17H12N2O3. The molecule has 0 bridgehead atoms. The molecule has 0 saturated carbocycles. The molecule has 0 aliphatic carbocycles. The van der Waals surface area contributed by atoms with E-state index in [4.69, 9.17) is 13.6 Å². The highest BCUT2D eigenvalue weighted by Gasteiger charge is 2.22. The summed E-state index contributed by atoms with van der Waals surface area (Å²) in [6.07, 6.45) is 5.32. The number of oxazole rings is 1. The van der Waals surface area contributed by atoms with Crippen LogP contribution in [-0.2, 0) is 11.2 Å². The van der Waals surface area contributed by atoms with Crippen molar-refractivity contribution in [3.63, 3.8) is 0 Å². The van der Waals surface area contributed by atoms with Crippen molar-refractivity contribution < 1.29 is 13.6 Å². The van der Waals surface area contributed by atoms with E-state index >= 15 is 0 Å². The first kappa shape index (κ1) is 11.8. The van der Waals surface area contributed by atoms with Crippen LogP contribution in [0.15, 0.2) is 50.4 Å². The van der Waals surface area contributed by atoms with Crippen molar-refractivity contribution in [3.8, 4) is 0 Å². The predicted molar refractivity (Wildman–Crippen MR) is 81.2 cm³/mol. The summed E-state index contributed by atoms with van der Waals surface area (Å²) in [6.45, 7) is 0.696. The van der Waals surface area contributed by atoms with E-state index in [0.29, 0.717) is 12.5 Å². The molecule has 0 unspecified atom stereocenters. The molecule has 4 heterocycles. The van der Waals surface area contributed by atoms with Gasteiger partial charge in [0.25, 0.3) is 5.89 Å². The molecule has 22 heavy (non-hydrogen) atoms. The Morgan fingerprint density at radius 2 is 2.18 bits per heavy atom. The Morgan fingerprint density at radius 1 is 1.18 bits per heavy atom. The monoisotopic (exact) mass is 292 g/mol. The third kappa shape index (κ3) is 1.72. The molecule has 1 aromatic carbocycles. The first-order valence-electron chi connectivity index (χ1n) is 7.25. The molecule has 2 aliphatic rings. The molecule has 0 radical (unpaired) electrons. The van der Waals surface area contributed by atoms with Crippen LogP contribution in [0.4, 0.5) is 5.69 Å². The van der Waals surface area contributed by atoms with Gasteiger partial charge >= 0.3 is 0 Å². The Morgan fingerprint density at radius 3 is 3.00 bits per heavy atom. The Hall–Kier alpha value is -2.82. The maximum atomic E-state index is 5.81. The summed E-state index contributed by atoms with van der Waals surface area (Å²) in [5.41, 5.74) is 4.56. The molecule has 5 heteroatoms. The lowest BCUT2D eigenvalue weighted by Gasteiger charge is -1.95. The lowest BCUT2D eigenvalue weighted by molar-refractivity contribution is 0.296. The van der Waals surface area contributed by atoms with Crippen LogP contribution in [0.2, 0.25) is 0 Å². The number of rotatable bonds is 2. The van der Waals surface area contributed by atoms with Crippen LogP contribution in [-0.4, -0.2) is 17.3 Å². The fourth-order valence-corrected chi connectivity index (χ4v) is 2.87. The van der Waals surface area contributed by atoms with Crippen molar-refractivity contribution in [2.24, 2.45) is 4.99 Å². The van der Waals surface area contributed by atoms with Crippen molar-refractivity contribution in [3.05, 3.63) is 53.8 Å². The SMILES string of the molecule is C1=C(c2nc3cc4c(cc3o2)N=C(c2ccco2)C4)OCC1. The minimum atomic E-state index is 0.548. The van der Waals surface area contributed by atoms with E-state index in [1.807, 2.05) is 30.3 Å². The number of aliphatic imine (C=N–C) groups is 1. The average Bonchev–Trinajstić information content (AvgIpc) is 3.27. The van der Waals surface area contributed by atoms with Crippen molar-refractivity contribution >= 4 is 28.3 Å². The zero-order chi connectivity index (χ0) is 14.5. The third-order valence-corrected chi connectivity index (χ3v) is 3.92. The fourth-order valence-electron chi connectivity index (χ4n) is 2.87. The van der Waals surface area contributed by atoms with Crippen LogP contribution in [0, 0.1) is 0 Å². The van der Waals surface area contributed by atoms with Crippen LogP contribution < -0.4 is 0 Å². The number of hydrogen-bond acceptors (Lipinski definition) is 5. The molecule has 0 spiro atoms. The van der Waals surface area contributed by atoms with Gasteiger partial charge in [-0.25, -0.2) is 9.98 Å². The maximum absolute atomic E-state index is 5.81. The van der Waals surface area contributed by atoms with E-state index in [9.17, 15) is 0 Å². The molecule has 3 aromatic rings. The molecule has 0 saturated heterocycles. The molecule has 0 N–H and O–H groups in total. The van der Waals surface area contributed by atoms with Crippen molar-refractivity contribution in [1.29, 1.82) is 0 Å². The summed E-state index contributed by atoms with van der Waals surface area (Å²) < 4.78 is 16.7. The standard InChI is InChI=1S/C17H12N2O3/c1-3-14(20-5-1)12-7-10-8-13-16(9-11(10)18-12)22-17(19-13)15-4-2-6-21-15/h1,3-5,8-9H,2,6-7H2. The molecule has 0 fully saturated rings. The van der Waals surface area contributed by atoms with Crippen LogP contribution in [0.3, 0.4) is 0 Å². The minimum absolute atomic E-state index is 0.548. The van der Waals surface area contributed by atoms with Gasteiger partial charge in [0.15, 0.2) is 11.3 Å². The van der Waals surface area contributed by atoms with E-state index in [1.165, 1.54) is 0 Å². The van der Waals surface area contributed by atoms with Gasteiger partial charge in [0.05, 0.1) is 24.3 Å². The quantitative estimate of drug-likeness (QED) is 0.719. The molecule has 5 nitrogen and oxygen atoms in total. The first-order chi connectivity index (χ1) is 10.9. The topological polar surface area (TPSA) is 60.8 Å². The summed E-state index contributed by atoms with van der Waals surface area (Å²) in [5.74, 6) is 2.09. The maximum Gasteiger partial charge on any atom is 0.262 e. The van der Waals surface area contributed by atoms with Crippen molar-refractivity contribution in [2.45, 2.75) is 12.8 Å². The highest BCUT2D eigenvalue weighted by Crippen LogP contribution is 2.34. The largest absolute Gasteiger partial charge is 0.488 e. The normalized spacial score (nSPS) is 16.5. The van der Waals surface area contributed by atoms with Crippen LogP contribution in [0.1, 0.15) is 23.6 Å². The number of aromatic nitrogens is 1. The number of benzene rings is 1. The second kappa shape index (κ2) is 4.34. The van der Waals surface area contributed by atoms with Gasteiger partial charge in [0.1, 0.15) is 11.3 Å². The van der Waals surface area contributed by atoms with Gasteiger partial charge in [-0.2, -0.15) is 0 Å². The Bertz CT molecular complexity index is 932. The number of furan rings is 1. The molecule has 2 aromatic heterocycles. The van der Waals surface area contributed by atoms with Gasteiger partial charge < -0.3 is 13.6 Å². The Labute approximate surface area is 125 Å². The minimum Gasteiger partial charge on any atom is -0.488 e. The van der Waals surface area contributed by atoms with E-state index in [1.54, 1.807) is 6.26 Å². The number of nitrogens with zero attached hydrogens (tertiary/aromatic N) is 2. The summed E-state index contributed by atoms with van der Waals surface area (Å²) in [5, 5.41) is 0. The highest BCUT2D eigenvalue weighted by molar-refractivity contribution is 6.05. The summed E-state index contributed by atoms with van der Waals surface area (Å²) >= 11 is 0. The van der Waals surface area contributed by atoms with E-state index in [-0.39, 0.29) is 0 Å². The van der Waals surface area contributed by atoms with E-state index < -0.39 is 0 Å². The average molecular weight is 292 g/mol. The van der Waals surface area contributed by atoms with Gasteiger partial charge in [-0.3, -0.25) is 0 Å². The Balaban J connectivity index is 1.58. The first-order valence-corrected chi connectivity index (χ1v) is 7.25. The van der Waals surface area contributed by atoms with Crippen LogP contribution in [0.25, 0.3) is 16.9 Å². The lowest BCUT2D eigenvalue weighted by Crippen LogP contribution is -1.97. The highest BCUT2D eigenvalue weighted by atomic mass is 16.5. The second-order valence-electron chi connectivity index (χ2n) is 5.39. The van der Waals surface area contributed by atoms with Gasteiger partial charge in [0, 0.05) is 18.9 Å². The van der Waals surface area contributed by atoms with E-state index in [2.05, 4.69) is 9.98 Å². The summed E-state index contributed by atoms with van der Waals surface area (Å²) in [4.78, 5) is 9.17. The Kier molecular flexibility index (Phi) is 2.33. The number of ether oxygens (including phenoxy) is 1. The molecule has 0 amide bonds. The smallest absolute Gasteiger partial charge is 0.262 e. The molecule has 2 aliphatic heterocycles. The van der Waals surface area contributed by atoms with Crippen molar-refractivity contribution in [1.82, 2.24) is 4.98 Å². The van der Waals surface area contributed by atoms with Crippen LogP contribution in [0.5, 0.6) is 0 Å². The van der Waals surface area contributed by atoms with E-state index in [0.717, 1.165) is 52.4 Å². The third-order valence-electron chi connectivity index (χ3n) is 3.92. The summed E-state index contributed by atoms with van der Waals surface area (Å²) in [6, 6.07) is 7.77. The van der Waals surface area contributed by atoms with Gasteiger partial charge in [-0.15, -0.1) is 0 Å². The van der Waals surface area contributed by atoms with Gasteiger partial charge in [-0.1, -0.05) is 0 Å². The molecular weight excluding hydrogens is 280 g/mol. The second-order valence-corrected chi connectivity index (χ2v) is 5.39. The molecule has 108 valence electrons. The number of fused-ring (bicyclic) bond motifs is 2. The fraction of sp³-hybridized carbons (Fsp3) is 0.176. The summed E-state index contributed by atoms with van der Waals surface area (Å²) in [7, 11) is 0. The zero-order valence-corrected chi connectivity index (χ0v) is 11.7. The molecule has 0 atom stereocenters. The van der Waals surface area contributed by atoms with Gasteiger partial charge in [0.2, 0.25) is 0 Å². The molecule has 5 rings (SSSR count). The number of hydrogen-bond donors (Lipinski definition) is 0. The zero-order valence-electron chi connectivity index (χ0n) is 11.7.